The first-order valence-electron chi connectivity index (χ1n) is 9.42. The van der Waals surface area contributed by atoms with Crippen molar-refractivity contribution in [2.75, 3.05) is 26.2 Å². The molecule has 0 unspecified atom stereocenters. The monoisotopic (exact) mass is 367 g/mol. The Morgan fingerprint density at radius 1 is 1.08 bits per heavy atom. The lowest BCUT2D eigenvalue weighted by atomic mass is 10.1. The summed E-state index contributed by atoms with van der Waals surface area (Å²) in [5.41, 5.74) is 3.10. The predicted octanol–water partition coefficient (Wildman–Crippen LogP) is 3.97. The normalized spacial score (nSPS) is 15.4. The molecule has 1 fully saturated rings. The van der Waals surface area contributed by atoms with Crippen LogP contribution in [-0.2, 0) is 6.54 Å². The number of carbonyl (C=O) groups excluding carboxylic acids is 1. The van der Waals surface area contributed by atoms with Crippen LogP contribution >= 0.6 is 11.3 Å². The number of aromatic nitrogens is 1. The molecule has 0 spiro atoms. The molecule has 4 nitrogen and oxygen atoms in total. The zero-order valence-corrected chi connectivity index (χ0v) is 15.8. The minimum Gasteiger partial charge on any atom is -0.349 e. The third-order valence-corrected chi connectivity index (χ3v) is 5.95. The van der Waals surface area contributed by atoms with E-state index in [1.165, 1.54) is 29.5 Å². The number of nitrogens with one attached hydrogen (secondary N) is 1. The molecule has 1 aliphatic heterocycles. The molecule has 2 aromatic heterocycles. The molecular formula is C21H25N3OS. The van der Waals surface area contributed by atoms with Crippen LogP contribution in [0.4, 0.5) is 0 Å². The fourth-order valence-corrected chi connectivity index (χ4v) is 4.52. The Bertz CT molecular complexity index is 862. The molecule has 0 bridgehead atoms. The highest BCUT2D eigenvalue weighted by Gasteiger charge is 2.17. The first-order valence-corrected chi connectivity index (χ1v) is 10.3. The summed E-state index contributed by atoms with van der Waals surface area (Å²) >= 11 is 1.69. The Balaban J connectivity index is 1.47. The third-order valence-electron chi connectivity index (χ3n) is 5.10. The van der Waals surface area contributed by atoms with Gasteiger partial charge in [0.05, 0.1) is 10.2 Å². The van der Waals surface area contributed by atoms with Gasteiger partial charge < -0.3 is 14.8 Å². The second-order valence-corrected chi connectivity index (χ2v) is 7.88. The van der Waals surface area contributed by atoms with Crippen LogP contribution in [0.15, 0.2) is 47.8 Å². The van der Waals surface area contributed by atoms with Crippen LogP contribution in [-0.4, -0.2) is 41.6 Å². The second-order valence-electron chi connectivity index (χ2n) is 6.93. The molecule has 1 aromatic carbocycles. The van der Waals surface area contributed by atoms with Gasteiger partial charge in [0.15, 0.2) is 0 Å². The van der Waals surface area contributed by atoms with E-state index in [9.17, 15) is 4.79 Å². The smallest absolute Gasteiger partial charge is 0.268 e. The maximum atomic E-state index is 12.8. The first kappa shape index (κ1) is 17.3. The zero-order valence-electron chi connectivity index (χ0n) is 15.0. The molecule has 1 aliphatic rings. The molecule has 26 heavy (non-hydrogen) atoms. The van der Waals surface area contributed by atoms with Gasteiger partial charge in [-0.1, -0.05) is 36.8 Å². The van der Waals surface area contributed by atoms with Gasteiger partial charge in [-0.3, -0.25) is 4.79 Å². The molecule has 0 aliphatic carbocycles. The predicted molar refractivity (Wildman–Crippen MR) is 108 cm³/mol. The summed E-state index contributed by atoms with van der Waals surface area (Å²) in [6.45, 7) is 4.70. The number of hydrogen-bond acceptors (Lipinski definition) is 3. The van der Waals surface area contributed by atoms with Gasteiger partial charge in [-0.2, -0.15) is 0 Å². The highest BCUT2D eigenvalue weighted by molar-refractivity contribution is 7.17. The van der Waals surface area contributed by atoms with Crippen molar-refractivity contribution in [3.63, 3.8) is 0 Å². The van der Waals surface area contributed by atoms with Crippen molar-refractivity contribution < 1.29 is 4.79 Å². The minimum atomic E-state index is 0.0290. The SMILES string of the molecule is O=C(NCCN1CCCCC1)c1cc2sccc2n1Cc1ccccc1. The lowest BCUT2D eigenvalue weighted by molar-refractivity contribution is 0.0938. The van der Waals surface area contributed by atoms with E-state index in [-0.39, 0.29) is 5.91 Å². The number of piperidine rings is 1. The molecule has 0 saturated carbocycles. The standard InChI is InChI=1S/C21H25N3OS/c25-21(22-10-13-23-11-5-2-6-12-23)19-15-20-18(9-14-26-20)24(19)16-17-7-3-1-4-8-17/h1,3-4,7-9,14-15H,2,5-6,10-13,16H2,(H,22,25). The van der Waals surface area contributed by atoms with Crippen LogP contribution in [0.1, 0.15) is 35.3 Å². The van der Waals surface area contributed by atoms with E-state index < -0.39 is 0 Å². The molecule has 0 radical (unpaired) electrons. The maximum absolute atomic E-state index is 12.8. The van der Waals surface area contributed by atoms with Crippen molar-refractivity contribution in [1.82, 2.24) is 14.8 Å². The molecular weight excluding hydrogens is 342 g/mol. The van der Waals surface area contributed by atoms with E-state index >= 15 is 0 Å². The molecule has 1 saturated heterocycles. The third kappa shape index (κ3) is 3.84. The molecule has 5 heteroatoms. The van der Waals surface area contributed by atoms with Gasteiger partial charge in [-0.25, -0.2) is 0 Å². The van der Waals surface area contributed by atoms with Crippen molar-refractivity contribution in [2.45, 2.75) is 25.8 Å². The van der Waals surface area contributed by atoms with Crippen LogP contribution in [0.2, 0.25) is 0 Å². The Morgan fingerprint density at radius 3 is 2.69 bits per heavy atom. The van der Waals surface area contributed by atoms with E-state index in [2.05, 4.69) is 38.4 Å². The largest absolute Gasteiger partial charge is 0.349 e. The topological polar surface area (TPSA) is 37.3 Å². The number of benzene rings is 1. The second kappa shape index (κ2) is 8.06. The molecule has 3 aromatic rings. The fourth-order valence-electron chi connectivity index (χ4n) is 3.70. The van der Waals surface area contributed by atoms with Crippen LogP contribution in [0, 0.1) is 0 Å². The number of likely N-dealkylation sites (tertiary alicyclic amines) is 1. The fraction of sp³-hybridized carbons (Fsp3) is 0.381. The van der Waals surface area contributed by atoms with E-state index in [4.69, 9.17) is 0 Å². The lowest BCUT2D eigenvalue weighted by Crippen LogP contribution is -2.38. The molecule has 1 amide bonds. The highest BCUT2D eigenvalue weighted by Crippen LogP contribution is 2.26. The van der Waals surface area contributed by atoms with Gasteiger partial charge in [-0.15, -0.1) is 11.3 Å². The highest BCUT2D eigenvalue weighted by atomic mass is 32.1. The van der Waals surface area contributed by atoms with Crippen molar-refractivity contribution in [3.05, 3.63) is 59.1 Å². The van der Waals surface area contributed by atoms with Crippen molar-refractivity contribution in [1.29, 1.82) is 0 Å². The maximum Gasteiger partial charge on any atom is 0.268 e. The number of rotatable bonds is 6. The number of hydrogen-bond donors (Lipinski definition) is 1. The first-order chi connectivity index (χ1) is 12.8. The average molecular weight is 368 g/mol. The summed E-state index contributed by atoms with van der Waals surface area (Å²) in [7, 11) is 0. The number of carbonyl (C=O) groups is 1. The number of nitrogens with zero attached hydrogens (tertiary/aromatic N) is 2. The quantitative estimate of drug-likeness (QED) is 0.716. The molecule has 1 N–H and O–H groups in total. The number of thiophene rings is 1. The summed E-state index contributed by atoms with van der Waals surface area (Å²) in [6.07, 6.45) is 3.90. The van der Waals surface area contributed by atoms with Gasteiger partial charge in [0, 0.05) is 19.6 Å². The van der Waals surface area contributed by atoms with Crippen LogP contribution in [0.3, 0.4) is 0 Å². The molecule has 4 rings (SSSR count). The van der Waals surface area contributed by atoms with E-state index in [0.29, 0.717) is 6.54 Å². The average Bonchev–Trinajstić information content (AvgIpc) is 3.26. The van der Waals surface area contributed by atoms with Gasteiger partial charge in [0.1, 0.15) is 5.69 Å². The van der Waals surface area contributed by atoms with Gasteiger partial charge in [-0.05, 0) is 49.0 Å². The summed E-state index contributed by atoms with van der Waals surface area (Å²) in [5.74, 6) is 0.0290. The van der Waals surface area contributed by atoms with Crippen molar-refractivity contribution in [3.8, 4) is 0 Å². The zero-order chi connectivity index (χ0) is 17.8. The number of amides is 1. The molecule has 136 valence electrons. The minimum absolute atomic E-state index is 0.0290. The Kier molecular flexibility index (Phi) is 5.37. The van der Waals surface area contributed by atoms with Gasteiger partial charge in [0.25, 0.3) is 5.91 Å². The number of fused-ring (bicyclic) bond motifs is 1. The summed E-state index contributed by atoms with van der Waals surface area (Å²) in [4.78, 5) is 15.3. The van der Waals surface area contributed by atoms with Gasteiger partial charge >= 0.3 is 0 Å². The van der Waals surface area contributed by atoms with E-state index in [0.717, 1.165) is 37.4 Å². The Labute approximate surface area is 158 Å². The lowest BCUT2D eigenvalue weighted by Gasteiger charge is -2.26. The van der Waals surface area contributed by atoms with Gasteiger partial charge in [0.2, 0.25) is 0 Å². The van der Waals surface area contributed by atoms with Crippen LogP contribution < -0.4 is 5.32 Å². The Hall–Kier alpha value is -2.11. The van der Waals surface area contributed by atoms with Crippen molar-refractivity contribution in [2.24, 2.45) is 0 Å². The van der Waals surface area contributed by atoms with Crippen LogP contribution in [0.5, 0.6) is 0 Å². The molecule has 0 atom stereocenters. The molecule has 3 heterocycles. The summed E-state index contributed by atoms with van der Waals surface area (Å²) in [6, 6.07) is 14.5. The van der Waals surface area contributed by atoms with E-state index in [1.807, 2.05) is 24.3 Å². The van der Waals surface area contributed by atoms with Crippen LogP contribution in [0.25, 0.3) is 10.2 Å². The Morgan fingerprint density at radius 2 is 1.88 bits per heavy atom. The van der Waals surface area contributed by atoms with Crippen molar-refractivity contribution >= 4 is 27.5 Å². The summed E-state index contributed by atoms with van der Waals surface area (Å²) in [5, 5.41) is 5.21. The summed E-state index contributed by atoms with van der Waals surface area (Å²) < 4.78 is 3.30. The van der Waals surface area contributed by atoms with E-state index in [1.54, 1.807) is 11.3 Å².